The lowest BCUT2D eigenvalue weighted by molar-refractivity contribution is 0.243. The third-order valence-corrected chi connectivity index (χ3v) is 3.98. The predicted molar refractivity (Wildman–Crippen MR) is 79.8 cm³/mol. The van der Waals surface area contributed by atoms with Crippen molar-refractivity contribution in [2.45, 2.75) is 19.5 Å². The molecule has 2 aromatic rings. The van der Waals surface area contributed by atoms with Gasteiger partial charge in [-0.25, -0.2) is 4.39 Å². The maximum Gasteiger partial charge on any atom is 0.145 e. The summed E-state index contributed by atoms with van der Waals surface area (Å²) in [5.74, 6) is -0.410. The lowest BCUT2D eigenvalue weighted by Crippen LogP contribution is -2.31. The van der Waals surface area contributed by atoms with E-state index in [0.717, 1.165) is 30.8 Å². The molecule has 3 rings (SSSR count). The molecule has 0 atom stereocenters. The second-order valence-corrected chi connectivity index (χ2v) is 5.34. The molecule has 0 bridgehead atoms. The number of nitrogens with two attached hydrogens (primary N) is 1. The van der Waals surface area contributed by atoms with Gasteiger partial charge in [0, 0.05) is 30.9 Å². The molecule has 0 aromatic heterocycles. The summed E-state index contributed by atoms with van der Waals surface area (Å²) in [5.41, 5.74) is 9.90. The molecule has 4 heteroatoms. The zero-order valence-corrected chi connectivity index (χ0v) is 11.6. The van der Waals surface area contributed by atoms with Gasteiger partial charge < -0.3 is 5.73 Å². The Morgan fingerprint density at radius 2 is 2.05 bits per heavy atom. The van der Waals surface area contributed by atoms with E-state index in [1.807, 2.05) is 18.2 Å². The van der Waals surface area contributed by atoms with E-state index < -0.39 is 5.82 Å². The van der Waals surface area contributed by atoms with Crippen LogP contribution in [0.25, 0.3) is 0 Å². The Balaban J connectivity index is 1.82. The largest absolute Gasteiger partial charge is 0.398 e. The lowest BCUT2D eigenvalue weighted by Gasteiger charge is -2.29. The van der Waals surface area contributed by atoms with Gasteiger partial charge in [-0.3, -0.25) is 4.90 Å². The van der Waals surface area contributed by atoms with Gasteiger partial charge in [-0.1, -0.05) is 24.3 Å². The third kappa shape index (κ3) is 2.61. The number of rotatable bonds is 2. The summed E-state index contributed by atoms with van der Waals surface area (Å²) in [6.07, 6.45) is 0.917. The van der Waals surface area contributed by atoms with Crippen LogP contribution in [0.2, 0.25) is 0 Å². The summed E-state index contributed by atoms with van der Waals surface area (Å²) < 4.78 is 14.1. The number of nitrogen functional groups attached to an aromatic ring is 1. The van der Waals surface area contributed by atoms with E-state index in [1.165, 1.54) is 11.6 Å². The number of anilines is 1. The molecule has 0 fully saturated rings. The predicted octanol–water partition coefficient (Wildman–Crippen LogP) is 2.84. The van der Waals surface area contributed by atoms with Gasteiger partial charge in [0.05, 0.1) is 5.56 Å². The van der Waals surface area contributed by atoms with Crippen molar-refractivity contribution >= 4 is 5.69 Å². The van der Waals surface area contributed by atoms with Gasteiger partial charge in [0.25, 0.3) is 0 Å². The molecular weight excluding hydrogens is 265 g/mol. The molecule has 0 unspecified atom stereocenters. The first-order chi connectivity index (χ1) is 10.2. The Hall–Kier alpha value is -2.38. The fourth-order valence-electron chi connectivity index (χ4n) is 2.83. The van der Waals surface area contributed by atoms with Crippen molar-refractivity contribution in [2.75, 3.05) is 12.3 Å². The fourth-order valence-corrected chi connectivity index (χ4v) is 2.83. The summed E-state index contributed by atoms with van der Waals surface area (Å²) >= 11 is 0. The number of benzene rings is 2. The van der Waals surface area contributed by atoms with E-state index in [-0.39, 0.29) is 5.56 Å². The van der Waals surface area contributed by atoms with E-state index in [4.69, 9.17) is 11.0 Å². The second-order valence-electron chi connectivity index (χ2n) is 5.34. The zero-order valence-electron chi connectivity index (χ0n) is 11.6. The number of nitrogens with zero attached hydrogens (tertiary/aromatic N) is 2. The number of fused-ring (bicyclic) bond motifs is 1. The molecule has 1 heterocycles. The lowest BCUT2D eigenvalue weighted by atomic mass is 9.97. The van der Waals surface area contributed by atoms with E-state index in [9.17, 15) is 4.39 Å². The first-order valence-electron chi connectivity index (χ1n) is 6.95. The molecule has 106 valence electrons. The summed E-state index contributed by atoms with van der Waals surface area (Å²) in [6.45, 7) is 2.08. The molecule has 3 nitrogen and oxygen atoms in total. The summed E-state index contributed by atoms with van der Waals surface area (Å²) in [6, 6.07) is 12.8. The van der Waals surface area contributed by atoms with Crippen LogP contribution in [0.15, 0.2) is 36.4 Å². The van der Waals surface area contributed by atoms with Crippen LogP contribution in [0, 0.1) is 17.1 Å². The molecule has 0 amide bonds. The van der Waals surface area contributed by atoms with Gasteiger partial charge in [-0.05, 0) is 29.7 Å². The minimum Gasteiger partial charge on any atom is -0.398 e. The maximum absolute atomic E-state index is 14.1. The van der Waals surface area contributed by atoms with E-state index >= 15 is 0 Å². The van der Waals surface area contributed by atoms with Crippen molar-refractivity contribution in [3.05, 3.63) is 64.5 Å². The van der Waals surface area contributed by atoms with Crippen molar-refractivity contribution in [3.63, 3.8) is 0 Å². The van der Waals surface area contributed by atoms with E-state index in [0.29, 0.717) is 12.1 Å². The topological polar surface area (TPSA) is 53.0 Å². The van der Waals surface area contributed by atoms with Crippen LogP contribution in [0.3, 0.4) is 0 Å². The highest BCUT2D eigenvalue weighted by Gasteiger charge is 2.19. The van der Waals surface area contributed by atoms with Gasteiger partial charge in [0.1, 0.15) is 11.9 Å². The normalized spacial score (nSPS) is 14.5. The molecule has 1 aliphatic heterocycles. The Kier molecular flexibility index (Phi) is 3.59. The first kappa shape index (κ1) is 13.6. The van der Waals surface area contributed by atoms with Crippen LogP contribution in [-0.4, -0.2) is 11.4 Å². The van der Waals surface area contributed by atoms with Crippen molar-refractivity contribution in [1.29, 1.82) is 5.26 Å². The SMILES string of the molecule is N#Cc1cccc(CN2CCc3cccc(N)c3C2)c1F. The van der Waals surface area contributed by atoms with Crippen LogP contribution in [0.4, 0.5) is 10.1 Å². The molecule has 21 heavy (non-hydrogen) atoms. The van der Waals surface area contributed by atoms with Gasteiger partial charge in [-0.15, -0.1) is 0 Å². The van der Waals surface area contributed by atoms with Crippen LogP contribution in [0.5, 0.6) is 0 Å². The first-order valence-corrected chi connectivity index (χ1v) is 6.95. The smallest absolute Gasteiger partial charge is 0.145 e. The van der Waals surface area contributed by atoms with Gasteiger partial charge in [-0.2, -0.15) is 5.26 Å². The Bertz CT molecular complexity index is 718. The number of halogens is 1. The average molecular weight is 281 g/mol. The van der Waals surface area contributed by atoms with Crippen LogP contribution in [0.1, 0.15) is 22.3 Å². The van der Waals surface area contributed by atoms with Crippen molar-refractivity contribution in [1.82, 2.24) is 4.90 Å². The minimum absolute atomic E-state index is 0.101. The van der Waals surface area contributed by atoms with Crippen molar-refractivity contribution < 1.29 is 4.39 Å². The molecule has 0 aliphatic carbocycles. The third-order valence-electron chi connectivity index (χ3n) is 3.98. The van der Waals surface area contributed by atoms with E-state index in [1.54, 1.807) is 12.1 Å². The monoisotopic (exact) mass is 281 g/mol. The molecule has 0 saturated heterocycles. The second kappa shape index (κ2) is 5.55. The van der Waals surface area contributed by atoms with Gasteiger partial charge in [0.2, 0.25) is 0 Å². The van der Waals surface area contributed by atoms with E-state index in [2.05, 4.69) is 11.0 Å². The van der Waals surface area contributed by atoms with Crippen LogP contribution < -0.4 is 5.73 Å². The molecule has 0 saturated carbocycles. The van der Waals surface area contributed by atoms with Crippen LogP contribution >= 0.6 is 0 Å². The Morgan fingerprint density at radius 1 is 1.24 bits per heavy atom. The quantitative estimate of drug-likeness (QED) is 0.861. The molecule has 0 spiro atoms. The molecular formula is C17H16FN3. The summed E-state index contributed by atoms with van der Waals surface area (Å²) in [5, 5.41) is 8.90. The highest BCUT2D eigenvalue weighted by atomic mass is 19.1. The highest BCUT2D eigenvalue weighted by Crippen LogP contribution is 2.26. The van der Waals surface area contributed by atoms with Crippen molar-refractivity contribution in [3.8, 4) is 6.07 Å². The highest BCUT2D eigenvalue weighted by molar-refractivity contribution is 5.51. The molecule has 1 aliphatic rings. The van der Waals surface area contributed by atoms with Crippen molar-refractivity contribution in [2.24, 2.45) is 0 Å². The Morgan fingerprint density at radius 3 is 2.86 bits per heavy atom. The molecule has 2 N–H and O–H groups in total. The standard InChI is InChI=1S/C17H16FN3/c18-17-13(9-19)4-1-5-14(17)10-21-8-7-12-3-2-6-16(20)15(12)11-21/h1-6H,7-8,10-11,20H2. The zero-order chi connectivity index (χ0) is 14.8. The summed E-state index contributed by atoms with van der Waals surface area (Å²) in [4.78, 5) is 2.16. The van der Waals surface area contributed by atoms with Gasteiger partial charge in [0.15, 0.2) is 0 Å². The number of hydrogen-bond acceptors (Lipinski definition) is 3. The maximum atomic E-state index is 14.1. The average Bonchev–Trinajstić information content (AvgIpc) is 2.50. The molecule has 0 radical (unpaired) electrons. The van der Waals surface area contributed by atoms with Gasteiger partial charge >= 0.3 is 0 Å². The Labute approximate surface area is 123 Å². The number of nitriles is 1. The summed E-state index contributed by atoms with van der Waals surface area (Å²) in [7, 11) is 0. The fraction of sp³-hybridized carbons (Fsp3) is 0.235. The minimum atomic E-state index is -0.410. The number of hydrogen-bond donors (Lipinski definition) is 1. The van der Waals surface area contributed by atoms with Crippen LogP contribution in [-0.2, 0) is 19.5 Å². The molecule has 2 aromatic carbocycles.